The van der Waals surface area contributed by atoms with Crippen molar-refractivity contribution >= 4 is 23.1 Å². The molecule has 31 heavy (non-hydrogen) atoms. The number of amides is 1. The maximum absolute atomic E-state index is 13.1. The second-order valence-electron chi connectivity index (χ2n) is 7.54. The summed E-state index contributed by atoms with van der Waals surface area (Å²) in [6, 6.07) is 5.42. The van der Waals surface area contributed by atoms with Crippen molar-refractivity contribution in [1.29, 1.82) is 0 Å². The molecule has 0 spiro atoms. The first kappa shape index (κ1) is 21.1. The first-order valence-electron chi connectivity index (χ1n) is 9.78. The number of hydrogen-bond donors (Lipinski definition) is 2. The van der Waals surface area contributed by atoms with E-state index in [2.05, 4.69) is 10.4 Å². The van der Waals surface area contributed by atoms with E-state index in [1.54, 1.807) is 13.0 Å². The zero-order chi connectivity index (χ0) is 22.5. The van der Waals surface area contributed by atoms with Crippen LogP contribution >= 0.6 is 0 Å². The van der Waals surface area contributed by atoms with Crippen LogP contribution in [0.5, 0.6) is 0 Å². The molecule has 1 aromatic heterocycles. The Labute approximate surface area is 175 Å². The fraction of sp³-hybridized carbons (Fsp3) is 0.381. The number of carboxylic acids is 1. The van der Waals surface area contributed by atoms with E-state index >= 15 is 0 Å². The van der Waals surface area contributed by atoms with E-state index in [1.165, 1.54) is 19.2 Å². The van der Waals surface area contributed by atoms with Gasteiger partial charge in [0.15, 0.2) is 5.69 Å². The number of aromatic nitrogens is 2. The molecule has 164 valence electrons. The number of halogens is 3. The first-order chi connectivity index (χ1) is 14.6. The van der Waals surface area contributed by atoms with Crippen LogP contribution in [0.4, 0.5) is 18.9 Å². The zero-order valence-electron chi connectivity index (χ0n) is 16.8. The Bertz CT molecular complexity index is 1100. The smallest absolute Gasteiger partial charge is 0.435 e. The predicted molar refractivity (Wildman–Crippen MR) is 104 cm³/mol. The van der Waals surface area contributed by atoms with E-state index in [0.29, 0.717) is 36.1 Å². The fourth-order valence-corrected chi connectivity index (χ4v) is 4.21. The minimum absolute atomic E-state index is 0.151. The highest BCUT2D eigenvalue weighted by molar-refractivity contribution is 6.11. The van der Waals surface area contributed by atoms with Gasteiger partial charge in [0.25, 0.3) is 5.91 Å². The Balaban J connectivity index is 1.70. The number of rotatable bonds is 5. The van der Waals surface area contributed by atoms with Crippen LogP contribution < -0.4 is 5.32 Å². The molecule has 10 heteroatoms. The van der Waals surface area contributed by atoms with Gasteiger partial charge in [-0.25, -0.2) is 4.79 Å². The summed E-state index contributed by atoms with van der Waals surface area (Å²) in [7, 11) is 1.40. The number of ether oxygens (including phenoxy) is 1. The molecular weight excluding hydrogens is 415 g/mol. The molecule has 1 aromatic carbocycles. The SMILES string of the molecule is CCc1cc(NC(=O)C2=C(c3cc(C(F)(F)F)nn3C)[C@@H]3CC[C@H]2O3)ccc1C(=O)O. The van der Waals surface area contributed by atoms with Crippen molar-refractivity contribution in [1.82, 2.24) is 9.78 Å². The Hall–Kier alpha value is -3.14. The topological polar surface area (TPSA) is 93.5 Å². The second-order valence-corrected chi connectivity index (χ2v) is 7.54. The molecule has 7 nitrogen and oxygen atoms in total. The molecule has 0 unspecified atom stereocenters. The van der Waals surface area contributed by atoms with E-state index in [0.717, 1.165) is 10.7 Å². The summed E-state index contributed by atoms with van der Waals surface area (Å²) >= 11 is 0. The number of nitrogens with one attached hydrogen (secondary N) is 1. The molecule has 2 aliphatic heterocycles. The van der Waals surface area contributed by atoms with Crippen LogP contribution in [0, 0.1) is 0 Å². The molecule has 2 aliphatic rings. The van der Waals surface area contributed by atoms with Crippen LogP contribution in [0.1, 0.15) is 47.1 Å². The highest BCUT2D eigenvalue weighted by atomic mass is 19.4. The summed E-state index contributed by atoms with van der Waals surface area (Å²) < 4.78 is 46.3. The van der Waals surface area contributed by atoms with Gasteiger partial charge in [-0.1, -0.05) is 6.92 Å². The standard InChI is InChI=1S/C21H20F3N3O4/c1-3-10-8-11(4-5-12(10)20(29)30)25-19(28)18-15-7-6-14(31-15)17(18)13-9-16(21(22,23)24)26-27(13)2/h4-5,8-9,14-15H,3,6-7H2,1-2H3,(H,25,28)(H,29,30)/t14-,15+/m0/s1. The lowest BCUT2D eigenvalue weighted by molar-refractivity contribution is -0.141. The summed E-state index contributed by atoms with van der Waals surface area (Å²) in [5, 5.41) is 15.6. The lowest BCUT2D eigenvalue weighted by Crippen LogP contribution is -2.23. The predicted octanol–water partition coefficient (Wildman–Crippen LogP) is 3.65. The van der Waals surface area contributed by atoms with Gasteiger partial charge in [-0.15, -0.1) is 0 Å². The number of fused-ring (bicyclic) bond motifs is 2. The molecule has 1 saturated heterocycles. The van der Waals surface area contributed by atoms with Gasteiger partial charge in [-0.3, -0.25) is 9.48 Å². The fourth-order valence-electron chi connectivity index (χ4n) is 4.21. The third kappa shape index (κ3) is 3.71. The van der Waals surface area contributed by atoms with Crippen molar-refractivity contribution in [3.05, 3.63) is 52.4 Å². The van der Waals surface area contributed by atoms with Gasteiger partial charge in [0, 0.05) is 18.3 Å². The number of benzene rings is 1. The Morgan fingerprint density at radius 2 is 1.97 bits per heavy atom. The Kier molecular flexibility index (Phi) is 5.12. The lowest BCUT2D eigenvalue weighted by Gasteiger charge is -2.17. The summed E-state index contributed by atoms with van der Waals surface area (Å²) in [6.07, 6.45) is -3.91. The number of aryl methyl sites for hydroxylation is 2. The number of carbonyl (C=O) groups excluding carboxylic acids is 1. The second kappa shape index (κ2) is 7.52. The van der Waals surface area contributed by atoms with Gasteiger partial charge in [0.2, 0.25) is 0 Å². The maximum atomic E-state index is 13.1. The van der Waals surface area contributed by atoms with Gasteiger partial charge >= 0.3 is 12.1 Å². The summed E-state index contributed by atoms with van der Waals surface area (Å²) in [5.74, 6) is -1.54. The minimum Gasteiger partial charge on any atom is -0.478 e. The molecule has 2 aromatic rings. The number of anilines is 1. The number of alkyl halides is 3. The summed E-state index contributed by atoms with van der Waals surface area (Å²) in [5.41, 5.74) is 0.980. The molecule has 2 bridgehead atoms. The van der Waals surface area contributed by atoms with Crippen molar-refractivity contribution in [2.45, 2.75) is 44.6 Å². The van der Waals surface area contributed by atoms with Crippen molar-refractivity contribution in [2.24, 2.45) is 7.05 Å². The number of aromatic carboxylic acids is 1. The van der Waals surface area contributed by atoms with E-state index in [-0.39, 0.29) is 16.8 Å². The molecule has 1 amide bonds. The number of carboxylic acid groups (broad SMARTS) is 1. The molecule has 0 aliphatic carbocycles. The third-order valence-corrected chi connectivity index (χ3v) is 5.62. The normalized spacial score (nSPS) is 20.4. The largest absolute Gasteiger partial charge is 0.478 e. The molecule has 0 saturated carbocycles. The van der Waals surface area contributed by atoms with Gasteiger partial charge in [-0.05, 0) is 49.1 Å². The maximum Gasteiger partial charge on any atom is 0.435 e. The van der Waals surface area contributed by atoms with E-state index in [9.17, 15) is 27.9 Å². The summed E-state index contributed by atoms with van der Waals surface area (Å²) in [4.78, 5) is 24.4. The monoisotopic (exact) mass is 435 g/mol. The Morgan fingerprint density at radius 3 is 2.58 bits per heavy atom. The van der Waals surface area contributed by atoms with Gasteiger partial charge in [-0.2, -0.15) is 18.3 Å². The van der Waals surface area contributed by atoms with Gasteiger partial charge in [0.1, 0.15) is 0 Å². The van der Waals surface area contributed by atoms with E-state index < -0.39 is 36.0 Å². The van der Waals surface area contributed by atoms with E-state index in [4.69, 9.17) is 4.74 Å². The van der Waals surface area contributed by atoms with Crippen LogP contribution in [-0.4, -0.2) is 39.0 Å². The molecule has 0 radical (unpaired) electrons. The molecular formula is C21H20F3N3O4. The van der Waals surface area contributed by atoms with Crippen molar-refractivity contribution < 1.29 is 32.6 Å². The Morgan fingerprint density at radius 1 is 1.26 bits per heavy atom. The van der Waals surface area contributed by atoms with Crippen LogP contribution in [0.15, 0.2) is 29.8 Å². The molecule has 2 atom stereocenters. The van der Waals surface area contributed by atoms with Gasteiger partial charge in [0.05, 0.1) is 29.0 Å². The molecule has 2 N–H and O–H groups in total. The van der Waals surface area contributed by atoms with Crippen molar-refractivity contribution in [2.75, 3.05) is 5.32 Å². The van der Waals surface area contributed by atoms with Crippen LogP contribution in [-0.2, 0) is 29.2 Å². The van der Waals surface area contributed by atoms with Gasteiger partial charge < -0.3 is 15.2 Å². The van der Waals surface area contributed by atoms with Crippen molar-refractivity contribution in [3.63, 3.8) is 0 Å². The minimum atomic E-state index is -4.60. The van der Waals surface area contributed by atoms with Crippen molar-refractivity contribution in [3.8, 4) is 0 Å². The highest BCUT2D eigenvalue weighted by Crippen LogP contribution is 2.45. The van der Waals surface area contributed by atoms with Crippen LogP contribution in [0.25, 0.3) is 5.57 Å². The number of carbonyl (C=O) groups is 2. The average Bonchev–Trinajstić information content (AvgIpc) is 3.41. The lowest BCUT2D eigenvalue weighted by atomic mass is 9.89. The first-order valence-corrected chi connectivity index (χ1v) is 9.78. The molecule has 3 heterocycles. The van der Waals surface area contributed by atoms with Crippen LogP contribution in [0.3, 0.4) is 0 Å². The van der Waals surface area contributed by atoms with E-state index in [1.807, 2.05) is 0 Å². The molecule has 1 fully saturated rings. The average molecular weight is 435 g/mol. The zero-order valence-corrected chi connectivity index (χ0v) is 16.8. The number of hydrogen-bond acceptors (Lipinski definition) is 4. The summed E-state index contributed by atoms with van der Waals surface area (Å²) in [6.45, 7) is 1.80. The van der Waals surface area contributed by atoms with Crippen LogP contribution in [0.2, 0.25) is 0 Å². The number of nitrogens with zero attached hydrogens (tertiary/aromatic N) is 2. The third-order valence-electron chi connectivity index (χ3n) is 5.62. The molecule has 4 rings (SSSR count). The highest BCUT2D eigenvalue weighted by Gasteiger charge is 2.45. The quantitative estimate of drug-likeness (QED) is 0.748.